The standard InChI is InChI=1S/C21H27N5O3/c1-14(23-21(29)16-7-3-4-8-16)19(27)24-17-9-5-10-18(13-17)25-20(28)15(2)26-12-6-11-22-26/h5-6,9-16H,3-4,7-8H2,1-2H3,(H,23,29)(H,24,27)(H,25,28)/t14-,15-/m1/s1. The lowest BCUT2D eigenvalue weighted by atomic mass is 10.1. The van der Waals surface area contributed by atoms with Gasteiger partial charge >= 0.3 is 0 Å². The summed E-state index contributed by atoms with van der Waals surface area (Å²) in [6.45, 7) is 3.42. The van der Waals surface area contributed by atoms with Crippen LogP contribution in [0.1, 0.15) is 45.6 Å². The van der Waals surface area contributed by atoms with Gasteiger partial charge in [0.1, 0.15) is 12.1 Å². The molecule has 8 nitrogen and oxygen atoms in total. The largest absolute Gasteiger partial charge is 0.344 e. The number of hydrogen-bond donors (Lipinski definition) is 3. The molecule has 0 saturated heterocycles. The topological polar surface area (TPSA) is 105 Å². The number of carbonyl (C=O) groups is 3. The Morgan fingerprint density at radius 3 is 2.31 bits per heavy atom. The molecule has 8 heteroatoms. The van der Waals surface area contributed by atoms with Gasteiger partial charge in [0.25, 0.3) is 0 Å². The molecular formula is C21H27N5O3. The van der Waals surface area contributed by atoms with Crippen LogP contribution in [-0.2, 0) is 14.4 Å². The Labute approximate surface area is 170 Å². The van der Waals surface area contributed by atoms with Crippen LogP contribution < -0.4 is 16.0 Å². The van der Waals surface area contributed by atoms with Gasteiger partial charge in [-0.25, -0.2) is 0 Å². The van der Waals surface area contributed by atoms with Crippen molar-refractivity contribution in [2.24, 2.45) is 5.92 Å². The average Bonchev–Trinajstić information content (AvgIpc) is 3.41. The Balaban J connectivity index is 1.55. The Morgan fingerprint density at radius 2 is 1.69 bits per heavy atom. The first-order chi connectivity index (χ1) is 13.9. The van der Waals surface area contributed by atoms with Crippen LogP contribution in [0.5, 0.6) is 0 Å². The van der Waals surface area contributed by atoms with Crippen molar-refractivity contribution in [2.75, 3.05) is 10.6 Å². The van der Waals surface area contributed by atoms with Crippen molar-refractivity contribution in [1.29, 1.82) is 0 Å². The maximum atomic E-state index is 12.4. The van der Waals surface area contributed by atoms with Crippen LogP contribution in [0.15, 0.2) is 42.7 Å². The molecule has 2 aromatic rings. The second-order valence-electron chi connectivity index (χ2n) is 7.43. The van der Waals surface area contributed by atoms with Gasteiger partial charge in [0.05, 0.1) is 0 Å². The molecule has 1 fully saturated rings. The summed E-state index contributed by atoms with van der Waals surface area (Å²) in [5, 5.41) is 12.5. The summed E-state index contributed by atoms with van der Waals surface area (Å²) in [4.78, 5) is 37.0. The maximum absolute atomic E-state index is 12.4. The zero-order chi connectivity index (χ0) is 20.8. The second kappa shape index (κ2) is 9.36. The average molecular weight is 397 g/mol. The quantitative estimate of drug-likeness (QED) is 0.668. The van der Waals surface area contributed by atoms with E-state index in [1.807, 2.05) is 0 Å². The van der Waals surface area contributed by atoms with Gasteiger partial charge in [-0.15, -0.1) is 0 Å². The molecular weight excluding hydrogens is 370 g/mol. The van der Waals surface area contributed by atoms with E-state index in [0.29, 0.717) is 11.4 Å². The number of anilines is 2. The van der Waals surface area contributed by atoms with Crippen LogP contribution in [0.3, 0.4) is 0 Å². The molecule has 3 rings (SSSR count). The molecule has 154 valence electrons. The zero-order valence-electron chi connectivity index (χ0n) is 16.7. The van der Waals surface area contributed by atoms with E-state index in [1.165, 1.54) is 0 Å². The number of hydrogen-bond acceptors (Lipinski definition) is 4. The monoisotopic (exact) mass is 397 g/mol. The molecule has 1 aromatic carbocycles. The smallest absolute Gasteiger partial charge is 0.248 e. The molecule has 0 bridgehead atoms. The van der Waals surface area contributed by atoms with E-state index in [4.69, 9.17) is 0 Å². The van der Waals surface area contributed by atoms with Gasteiger partial charge in [0.15, 0.2) is 0 Å². The van der Waals surface area contributed by atoms with E-state index in [0.717, 1.165) is 25.7 Å². The van der Waals surface area contributed by atoms with Crippen LogP contribution in [-0.4, -0.2) is 33.5 Å². The van der Waals surface area contributed by atoms with Gasteiger partial charge in [-0.3, -0.25) is 19.1 Å². The minimum absolute atomic E-state index is 0.0144. The first kappa shape index (κ1) is 20.6. The van der Waals surface area contributed by atoms with Gasteiger partial charge in [0, 0.05) is 29.7 Å². The molecule has 1 aliphatic rings. The summed E-state index contributed by atoms with van der Waals surface area (Å²) in [6.07, 6.45) is 7.25. The first-order valence-corrected chi connectivity index (χ1v) is 9.95. The van der Waals surface area contributed by atoms with Gasteiger partial charge in [0.2, 0.25) is 17.7 Å². The first-order valence-electron chi connectivity index (χ1n) is 9.95. The molecule has 0 radical (unpaired) electrons. The summed E-state index contributed by atoms with van der Waals surface area (Å²) in [7, 11) is 0. The lowest BCUT2D eigenvalue weighted by molar-refractivity contribution is -0.128. The van der Waals surface area contributed by atoms with Crippen LogP contribution in [0.4, 0.5) is 11.4 Å². The van der Waals surface area contributed by atoms with Gasteiger partial charge < -0.3 is 16.0 Å². The van der Waals surface area contributed by atoms with E-state index in [-0.39, 0.29) is 23.6 Å². The summed E-state index contributed by atoms with van der Waals surface area (Å²) in [5.74, 6) is -0.557. The molecule has 2 atom stereocenters. The minimum Gasteiger partial charge on any atom is -0.344 e. The fourth-order valence-electron chi connectivity index (χ4n) is 3.39. The summed E-state index contributed by atoms with van der Waals surface area (Å²) in [6, 6.07) is 7.55. The summed E-state index contributed by atoms with van der Waals surface area (Å²) < 4.78 is 1.57. The number of nitrogens with zero attached hydrogens (tertiary/aromatic N) is 2. The highest BCUT2D eigenvalue weighted by molar-refractivity contribution is 5.98. The van der Waals surface area contributed by atoms with Crippen LogP contribution in [0.2, 0.25) is 0 Å². The number of rotatable bonds is 7. The van der Waals surface area contributed by atoms with E-state index in [9.17, 15) is 14.4 Å². The highest BCUT2D eigenvalue weighted by Gasteiger charge is 2.25. The number of aromatic nitrogens is 2. The molecule has 1 saturated carbocycles. The van der Waals surface area contributed by atoms with Gasteiger partial charge in [-0.2, -0.15) is 5.10 Å². The Bertz CT molecular complexity index is 859. The second-order valence-corrected chi connectivity index (χ2v) is 7.43. The molecule has 3 amide bonds. The van der Waals surface area contributed by atoms with Crippen molar-refractivity contribution in [3.63, 3.8) is 0 Å². The summed E-state index contributed by atoms with van der Waals surface area (Å²) in [5.41, 5.74) is 1.11. The minimum atomic E-state index is -0.638. The summed E-state index contributed by atoms with van der Waals surface area (Å²) >= 11 is 0. The van der Waals surface area contributed by atoms with Crippen molar-refractivity contribution >= 4 is 29.1 Å². The fraction of sp³-hybridized carbons (Fsp3) is 0.429. The van der Waals surface area contributed by atoms with Gasteiger partial charge in [-0.05, 0) is 51.0 Å². The Morgan fingerprint density at radius 1 is 1.03 bits per heavy atom. The highest BCUT2D eigenvalue weighted by atomic mass is 16.2. The van der Waals surface area contributed by atoms with Crippen LogP contribution in [0, 0.1) is 5.92 Å². The van der Waals surface area contributed by atoms with Crippen molar-refractivity contribution in [3.8, 4) is 0 Å². The predicted molar refractivity (Wildman–Crippen MR) is 110 cm³/mol. The third-order valence-corrected chi connectivity index (χ3v) is 5.18. The molecule has 1 aromatic heterocycles. The molecule has 3 N–H and O–H groups in total. The Kier molecular flexibility index (Phi) is 6.64. The highest BCUT2D eigenvalue weighted by Crippen LogP contribution is 2.24. The number of benzene rings is 1. The maximum Gasteiger partial charge on any atom is 0.248 e. The van der Waals surface area contributed by atoms with Gasteiger partial charge in [-0.1, -0.05) is 18.9 Å². The predicted octanol–water partition coefficient (Wildman–Crippen LogP) is 2.72. The fourth-order valence-corrected chi connectivity index (χ4v) is 3.39. The van der Waals surface area contributed by atoms with Crippen molar-refractivity contribution in [2.45, 2.75) is 51.6 Å². The van der Waals surface area contributed by atoms with Crippen LogP contribution >= 0.6 is 0 Å². The van der Waals surface area contributed by atoms with Crippen molar-refractivity contribution < 1.29 is 14.4 Å². The number of carbonyl (C=O) groups excluding carboxylic acids is 3. The van der Waals surface area contributed by atoms with Crippen molar-refractivity contribution in [3.05, 3.63) is 42.7 Å². The Hall–Kier alpha value is -3.16. The molecule has 0 spiro atoms. The lowest BCUT2D eigenvalue weighted by Crippen LogP contribution is -2.43. The normalized spacial score (nSPS) is 16.1. The number of amides is 3. The molecule has 1 aliphatic carbocycles. The molecule has 0 aliphatic heterocycles. The zero-order valence-corrected chi connectivity index (χ0v) is 16.7. The number of nitrogens with one attached hydrogen (secondary N) is 3. The van der Waals surface area contributed by atoms with E-state index < -0.39 is 12.1 Å². The molecule has 29 heavy (non-hydrogen) atoms. The van der Waals surface area contributed by atoms with E-state index in [1.54, 1.807) is 61.3 Å². The third-order valence-electron chi connectivity index (χ3n) is 5.18. The lowest BCUT2D eigenvalue weighted by Gasteiger charge is -2.17. The molecule has 1 heterocycles. The van der Waals surface area contributed by atoms with Crippen molar-refractivity contribution in [1.82, 2.24) is 15.1 Å². The molecule has 0 unspecified atom stereocenters. The van der Waals surface area contributed by atoms with E-state index in [2.05, 4.69) is 21.0 Å². The van der Waals surface area contributed by atoms with E-state index >= 15 is 0 Å². The third kappa shape index (κ3) is 5.43. The van der Waals surface area contributed by atoms with Crippen LogP contribution in [0.25, 0.3) is 0 Å². The SMILES string of the molecule is C[C@H](C(=O)Nc1cccc(NC(=O)[C@@H](C)NC(=O)C2CCCC2)c1)n1cccn1.